The van der Waals surface area contributed by atoms with Gasteiger partial charge in [-0.05, 0) is 43.9 Å². The predicted molar refractivity (Wildman–Crippen MR) is 95.5 cm³/mol. The van der Waals surface area contributed by atoms with E-state index in [1.165, 1.54) is 11.8 Å². The number of aryl methyl sites for hydroxylation is 2. The van der Waals surface area contributed by atoms with Gasteiger partial charge in [0, 0.05) is 11.4 Å². The van der Waals surface area contributed by atoms with Gasteiger partial charge in [0.15, 0.2) is 5.16 Å². The van der Waals surface area contributed by atoms with E-state index in [9.17, 15) is 4.79 Å². The van der Waals surface area contributed by atoms with Crippen LogP contribution in [-0.4, -0.2) is 26.6 Å². The lowest BCUT2D eigenvalue weighted by Crippen LogP contribution is -2.15. The van der Waals surface area contributed by atoms with Crippen LogP contribution in [0.5, 0.6) is 0 Å². The SMILES string of the molecule is CCSc1nc(C)cc(C(=O)Nc2ccc3nc(C)sc3c2)n1. The van der Waals surface area contributed by atoms with Gasteiger partial charge in [-0.3, -0.25) is 4.79 Å². The summed E-state index contributed by atoms with van der Waals surface area (Å²) in [5.74, 6) is 0.639. The fourth-order valence-corrected chi connectivity index (χ4v) is 3.66. The molecule has 0 aliphatic carbocycles. The number of hydrogen-bond donors (Lipinski definition) is 1. The fraction of sp³-hybridized carbons (Fsp3) is 0.250. The Kier molecular flexibility index (Phi) is 4.58. The molecule has 0 radical (unpaired) electrons. The van der Waals surface area contributed by atoms with Crippen LogP contribution in [0.2, 0.25) is 0 Å². The van der Waals surface area contributed by atoms with E-state index in [1.807, 2.05) is 39.0 Å². The smallest absolute Gasteiger partial charge is 0.274 e. The third-order valence-corrected chi connectivity index (χ3v) is 4.76. The number of aromatic nitrogens is 3. The highest BCUT2D eigenvalue weighted by atomic mass is 32.2. The minimum atomic E-state index is -0.228. The van der Waals surface area contributed by atoms with Crippen molar-refractivity contribution in [1.29, 1.82) is 0 Å². The van der Waals surface area contributed by atoms with Gasteiger partial charge < -0.3 is 5.32 Å². The van der Waals surface area contributed by atoms with E-state index in [1.54, 1.807) is 17.4 Å². The van der Waals surface area contributed by atoms with E-state index in [4.69, 9.17) is 0 Å². The van der Waals surface area contributed by atoms with Gasteiger partial charge >= 0.3 is 0 Å². The van der Waals surface area contributed by atoms with Crippen molar-refractivity contribution in [2.24, 2.45) is 0 Å². The van der Waals surface area contributed by atoms with E-state index in [0.717, 1.165) is 32.4 Å². The van der Waals surface area contributed by atoms with Gasteiger partial charge in [0.1, 0.15) is 5.69 Å². The molecule has 1 amide bonds. The molecule has 1 aromatic carbocycles. The number of hydrogen-bond acceptors (Lipinski definition) is 6. The third kappa shape index (κ3) is 3.68. The largest absolute Gasteiger partial charge is 0.321 e. The summed E-state index contributed by atoms with van der Waals surface area (Å²) < 4.78 is 1.06. The lowest BCUT2D eigenvalue weighted by Gasteiger charge is -2.07. The van der Waals surface area contributed by atoms with Crippen molar-refractivity contribution in [1.82, 2.24) is 15.0 Å². The Balaban J connectivity index is 1.84. The lowest BCUT2D eigenvalue weighted by atomic mass is 10.2. The second-order valence-electron chi connectivity index (χ2n) is 4.98. The summed E-state index contributed by atoms with van der Waals surface area (Å²) in [6.45, 7) is 5.87. The second-order valence-corrected chi connectivity index (χ2v) is 7.45. The summed E-state index contributed by atoms with van der Waals surface area (Å²) >= 11 is 3.13. The lowest BCUT2D eigenvalue weighted by molar-refractivity contribution is 0.102. The zero-order chi connectivity index (χ0) is 16.4. The Morgan fingerprint density at radius 3 is 2.83 bits per heavy atom. The highest BCUT2D eigenvalue weighted by molar-refractivity contribution is 7.99. The normalized spacial score (nSPS) is 10.9. The van der Waals surface area contributed by atoms with E-state index < -0.39 is 0 Å². The Bertz CT molecular complexity index is 876. The molecular formula is C16H16N4OS2. The van der Waals surface area contributed by atoms with Crippen molar-refractivity contribution >= 4 is 44.9 Å². The number of thiazole rings is 1. The standard InChI is InChI=1S/C16H16N4OS2/c1-4-22-16-17-9(2)7-13(20-16)15(21)19-11-5-6-12-14(8-11)23-10(3)18-12/h5-8H,4H2,1-3H3,(H,19,21). The van der Waals surface area contributed by atoms with E-state index in [0.29, 0.717) is 10.9 Å². The summed E-state index contributed by atoms with van der Waals surface area (Å²) in [7, 11) is 0. The average Bonchev–Trinajstić information content (AvgIpc) is 2.86. The number of rotatable bonds is 4. The Hall–Kier alpha value is -1.99. The van der Waals surface area contributed by atoms with Gasteiger partial charge in [-0.2, -0.15) is 0 Å². The van der Waals surface area contributed by atoms with Crippen molar-refractivity contribution in [3.8, 4) is 0 Å². The molecule has 2 aromatic heterocycles. The number of carbonyl (C=O) groups is 1. The highest BCUT2D eigenvalue weighted by Gasteiger charge is 2.12. The van der Waals surface area contributed by atoms with Gasteiger partial charge in [0.25, 0.3) is 5.91 Å². The second kappa shape index (κ2) is 6.64. The summed E-state index contributed by atoms with van der Waals surface area (Å²) in [4.78, 5) is 25.5. The van der Waals surface area contributed by atoms with Crippen LogP contribution in [0.3, 0.4) is 0 Å². The fourth-order valence-electron chi connectivity index (χ4n) is 2.16. The number of fused-ring (bicyclic) bond motifs is 1. The molecule has 0 aliphatic heterocycles. The van der Waals surface area contributed by atoms with Crippen molar-refractivity contribution in [2.75, 3.05) is 11.1 Å². The average molecular weight is 344 g/mol. The number of thioether (sulfide) groups is 1. The first kappa shape index (κ1) is 15.9. The van der Waals surface area contributed by atoms with Crippen LogP contribution >= 0.6 is 23.1 Å². The van der Waals surface area contributed by atoms with Crippen LogP contribution in [0.25, 0.3) is 10.2 Å². The van der Waals surface area contributed by atoms with Crippen LogP contribution in [0, 0.1) is 13.8 Å². The summed E-state index contributed by atoms with van der Waals surface area (Å²) in [6.07, 6.45) is 0. The molecule has 3 rings (SSSR count). The van der Waals surface area contributed by atoms with Crippen molar-refractivity contribution in [2.45, 2.75) is 25.9 Å². The molecule has 0 spiro atoms. The molecule has 3 aromatic rings. The number of nitrogens with zero attached hydrogens (tertiary/aromatic N) is 3. The third-order valence-electron chi connectivity index (χ3n) is 3.09. The molecule has 5 nitrogen and oxygen atoms in total. The molecule has 0 atom stereocenters. The molecule has 23 heavy (non-hydrogen) atoms. The molecule has 0 aliphatic rings. The number of amides is 1. The molecule has 7 heteroatoms. The van der Waals surface area contributed by atoms with Crippen LogP contribution in [0.4, 0.5) is 5.69 Å². The quantitative estimate of drug-likeness (QED) is 0.571. The zero-order valence-electron chi connectivity index (χ0n) is 13.1. The molecule has 0 saturated carbocycles. The Labute approximate surface area is 142 Å². The molecule has 118 valence electrons. The monoisotopic (exact) mass is 344 g/mol. The maximum atomic E-state index is 12.4. The minimum absolute atomic E-state index is 0.228. The first-order chi connectivity index (χ1) is 11.0. The summed E-state index contributed by atoms with van der Waals surface area (Å²) in [6, 6.07) is 7.41. The molecule has 0 fully saturated rings. The van der Waals surface area contributed by atoms with E-state index in [-0.39, 0.29) is 5.91 Å². The molecular weight excluding hydrogens is 328 g/mol. The van der Waals surface area contributed by atoms with Crippen molar-refractivity contribution in [3.63, 3.8) is 0 Å². The zero-order valence-corrected chi connectivity index (χ0v) is 14.7. The number of benzene rings is 1. The van der Waals surface area contributed by atoms with Crippen molar-refractivity contribution in [3.05, 3.63) is 40.7 Å². The maximum absolute atomic E-state index is 12.4. The van der Waals surface area contributed by atoms with Crippen LogP contribution in [0.1, 0.15) is 28.1 Å². The van der Waals surface area contributed by atoms with E-state index >= 15 is 0 Å². The van der Waals surface area contributed by atoms with Gasteiger partial charge in [0.05, 0.1) is 15.2 Å². The molecule has 0 saturated heterocycles. The Morgan fingerprint density at radius 1 is 1.22 bits per heavy atom. The van der Waals surface area contributed by atoms with Crippen LogP contribution < -0.4 is 5.32 Å². The predicted octanol–water partition coefficient (Wildman–Crippen LogP) is 4.07. The number of carbonyl (C=O) groups excluding carboxylic acids is 1. The van der Waals surface area contributed by atoms with Crippen LogP contribution in [0.15, 0.2) is 29.4 Å². The Morgan fingerprint density at radius 2 is 2.04 bits per heavy atom. The molecule has 2 heterocycles. The van der Waals surface area contributed by atoms with Gasteiger partial charge in [-0.15, -0.1) is 11.3 Å². The van der Waals surface area contributed by atoms with Crippen LogP contribution in [-0.2, 0) is 0 Å². The van der Waals surface area contributed by atoms with Gasteiger partial charge in [0.2, 0.25) is 0 Å². The van der Waals surface area contributed by atoms with E-state index in [2.05, 4.69) is 20.3 Å². The molecule has 0 unspecified atom stereocenters. The van der Waals surface area contributed by atoms with Crippen molar-refractivity contribution < 1.29 is 4.79 Å². The maximum Gasteiger partial charge on any atom is 0.274 e. The number of anilines is 1. The van der Waals surface area contributed by atoms with Gasteiger partial charge in [-0.1, -0.05) is 18.7 Å². The molecule has 0 bridgehead atoms. The highest BCUT2D eigenvalue weighted by Crippen LogP contribution is 2.25. The first-order valence-corrected chi connectivity index (χ1v) is 9.02. The summed E-state index contributed by atoms with van der Waals surface area (Å²) in [5.41, 5.74) is 2.86. The minimum Gasteiger partial charge on any atom is -0.321 e. The first-order valence-electron chi connectivity index (χ1n) is 7.22. The topological polar surface area (TPSA) is 67.8 Å². The summed E-state index contributed by atoms with van der Waals surface area (Å²) in [5, 5.41) is 4.54. The van der Waals surface area contributed by atoms with Gasteiger partial charge in [-0.25, -0.2) is 15.0 Å². The molecule has 1 N–H and O–H groups in total. The number of nitrogens with one attached hydrogen (secondary N) is 1.